The van der Waals surface area contributed by atoms with Crippen molar-refractivity contribution >= 4 is 33.4 Å². The zero-order chi connectivity index (χ0) is 27.8. The van der Waals surface area contributed by atoms with Gasteiger partial charge in [-0.2, -0.15) is 5.10 Å². The normalized spacial score (nSPS) is 14.1. The monoisotopic (exact) mass is 545 g/mol. The standard InChI is InChI=1S/C32H28FN7O/c33-22-8-6-20(7-9-22)31-24-15-28(38-26(24)10-11-35-31)32-25-14-27(36-18-29(25)39-40-32)21-13-23(17-34-16-21)37-30(41)12-19-4-2-1-3-5-19/h6-11,13-19,38H,1-5,12H2,(H,37,41)(H,39,40). The third kappa shape index (κ3) is 5.06. The lowest BCUT2D eigenvalue weighted by molar-refractivity contribution is -0.117. The van der Waals surface area contributed by atoms with Gasteiger partial charge in [-0.05, 0) is 67.3 Å². The first-order valence-electron chi connectivity index (χ1n) is 13.9. The highest BCUT2D eigenvalue weighted by molar-refractivity contribution is 6.00. The van der Waals surface area contributed by atoms with Crippen LogP contribution in [0.25, 0.3) is 55.7 Å². The van der Waals surface area contributed by atoms with Crippen molar-refractivity contribution in [3.8, 4) is 33.9 Å². The van der Waals surface area contributed by atoms with Crippen LogP contribution >= 0.6 is 0 Å². The van der Waals surface area contributed by atoms with Crippen LogP contribution in [-0.2, 0) is 4.79 Å². The summed E-state index contributed by atoms with van der Waals surface area (Å²) in [7, 11) is 0. The van der Waals surface area contributed by atoms with Gasteiger partial charge in [0.15, 0.2) is 0 Å². The molecule has 41 heavy (non-hydrogen) atoms. The molecule has 0 spiro atoms. The maximum atomic E-state index is 13.5. The Morgan fingerprint density at radius 3 is 2.56 bits per heavy atom. The molecular formula is C32H28FN7O. The van der Waals surface area contributed by atoms with E-state index in [1.165, 1.54) is 31.4 Å². The summed E-state index contributed by atoms with van der Waals surface area (Å²) in [6, 6.07) is 14.1. The first-order valence-corrected chi connectivity index (χ1v) is 13.9. The van der Waals surface area contributed by atoms with E-state index in [0.29, 0.717) is 18.0 Å². The zero-order valence-corrected chi connectivity index (χ0v) is 22.3. The van der Waals surface area contributed by atoms with Crippen LogP contribution in [0.4, 0.5) is 10.1 Å². The molecule has 5 heterocycles. The van der Waals surface area contributed by atoms with Crippen molar-refractivity contribution in [2.75, 3.05) is 5.32 Å². The van der Waals surface area contributed by atoms with Crippen LogP contribution in [0.1, 0.15) is 38.5 Å². The lowest BCUT2D eigenvalue weighted by Crippen LogP contribution is -2.18. The van der Waals surface area contributed by atoms with E-state index in [1.54, 1.807) is 36.9 Å². The predicted molar refractivity (Wildman–Crippen MR) is 157 cm³/mol. The maximum Gasteiger partial charge on any atom is 0.224 e. The second-order valence-corrected chi connectivity index (χ2v) is 10.7. The van der Waals surface area contributed by atoms with Gasteiger partial charge in [0.05, 0.1) is 40.7 Å². The van der Waals surface area contributed by atoms with E-state index in [2.05, 4.69) is 35.5 Å². The van der Waals surface area contributed by atoms with Crippen LogP contribution < -0.4 is 5.32 Å². The van der Waals surface area contributed by atoms with Gasteiger partial charge in [-0.1, -0.05) is 19.3 Å². The van der Waals surface area contributed by atoms with Gasteiger partial charge in [0.2, 0.25) is 5.91 Å². The Kier molecular flexibility index (Phi) is 6.47. The third-order valence-corrected chi connectivity index (χ3v) is 7.88. The largest absolute Gasteiger partial charge is 0.353 e. The topological polar surface area (TPSA) is 112 Å². The maximum absolute atomic E-state index is 13.5. The fourth-order valence-corrected chi connectivity index (χ4v) is 5.81. The van der Waals surface area contributed by atoms with E-state index < -0.39 is 0 Å². The number of fused-ring (bicyclic) bond motifs is 2. The van der Waals surface area contributed by atoms with Crippen LogP contribution in [0.2, 0.25) is 0 Å². The Labute approximate surface area is 235 Å². The summed E-state index contributed by atoms with van der Waals surface area (Å²) in [5.41, 5.74) is 7.05. The number of benzene rings is 1. The number of H-pyrrole nitrogens is 2. The van der Waals surface area contributed by atoms with Crippen molar-refractivity contribution < 1.29 is 9.18 Å². The molecule has 1 amide bonds. The Morgan fingerprint density at radius 2 is 1.71 bits per heavy atom. The van der Waals surface area contributed by atoms with E-state index in [-0.39, 0.29) is 11.7 Å². The molecule has 5 aromatic heterocycles. The number of hydrogen-bond acceptors (Lipinski definition) is 5. The van der Waals surface area contributed by atoms with Gasteiger partial charge in [0.25, 0.3) is 0 Å². The molecule has 0 saturated heterocycles. The SMILES string of the molecule is O=C(CC1CCCCC1)Nc1cncc(-c2cc3c(-c4cc5c(-c6ccc(F)cc6)nccc5[nH]4)n[nH]c3cn2)c1. The molecule has 7 rings (SSSR count). The Hall–Kier alpha value is -4.92. The molecule has 1 aliphatic rings. The third-order valence-electron chi connectivity index (χ3n) is 7.88. The summed E-state index contributed by atoms with van der Waals surface area (Å²) in [5, 5.41) is 12.5. The molecular weight excluding hydrogens is 517 g/mol. The number of aromatic amines is 2. The van der Waals surface area contributed by atoms with Gasteiger partial charge in [0.1, 0.15) is 11.5 Å². The number of hydrogen-bond donors (Lipinski definition) is 3. The van der Waals surface area contributed by atoms with Crippen molar-refractivity contribution in [3.63, 3.8) is 0 Å². The molecule has 1 saturated carbocycles. The highest BCUT2D eigenvalue weighted by Gasteiger charge is 2.18. The molecule has 8 nitrogen and oxygen atoms in total. The number of halogens is 1. The van der Waals surface area contributed by atoms with Crippen LogP contribution in [0.5, 0.6) is 0 Å². The predicted octanol–water partition coefficient (Wildman–Crippen LogP) is 7.28. The number of nitrogens with one attached hydrogen (secondary N) is 3. The molecule has 9 heteroatoms. The molecule has 3 N–H and O–H groups in total. The van der Waals surface area contributed by atoms with Gasteiger partial charge in [-0.3, -0.25) is 24.8 Å². The van der Waals surface area contributed by atoms with Crippen molar-refractivity contribution in [2.24, 2.45) is 5.92 Å². The molecule has 1 fully saturated rings. The van der Waals surface area contributed by atoms with Crippen LogP contribution in [0.15, 0.2) is 73.3 Å². The smallest absolute Gasteiger partial charge is 0.224 e. The average molecular weight is 546 g/mol. The molecule has 0 bridgehead atoms. The quantitative estimate of drug-likeness (QED) is 0.204. The van der Waals surface area contributed by atoms with Gasteiger partial charge < -0.3 is 10.3 Å². The second-order valence-electron chi connectivity index (χ2n) is 10.7. The summed E-state index contributed by atoms with van der Waals surface area (Å²) in [6.45, 7) is 0. The number of nitrogens with zero attached hydrogens (tertiary/aromatic N) is 4. The number of aromatic nitrogens is 6. The van der Waals surface area contributed by atoms with Crippen LogP contribution in [0.3, 0.4) is 0 Å². The second kappa shape index (κ2) is 10.6. The fraction of sp³-hybridized carbons (Fsp3) is 0.219. The van der Waals surface area contributed by atoms with Gasteiger partial charge >= 0.3 is 0 Å². The Balaban J connectivity index is 1.19. The first-order chi connectivity index (χ1) is 20.1. The van der Waals surface area contributed by atoms with E-state index in [9.17, 15) is 9.18 Å². The average Bonchev–Trinajstić information content (AvgIpc) is 3.62. The molecule has 204 valence electrons. The van der Waals surface area contributed by atoms with E-state index in [1.807, 2.05) is 24.3 Å². The number of rotatable bonds is 6. The number of anilines is 1. The molecule has 0 atom stereocenters. The molecule has 0 unspecified atom stereocenters. The fourth-order valence-electron chi connectivity index (χ4n) is 5.81. The molecule has 1 aromatic carbocycles. The molecule has 1 aliphatic carbocycles. The van der Waals surface area contributed by atoms with Crippen molar-refractivity contribution in [3.05, 3.63) is 79.1 Å². The lowest BCUT2D eigenvalue weighted by Gasteiger charge is -2.20. The summed E-state index contributed by atoms with van der Waals surface area (Å²) in [6.07, 6.45) is 13.4. The van der Waals surface area contributed by atoms with Crippen LogP contribution in [-0.4, -0.2) is 36.0 Å². The molecule has 0 radical (unpaired) electrons. The molecule has 0 aliphatic heterocycles. The van der Waals surface area contributed by atoms with Crippen molar-refractivity contribution in [1.82, 2.24) is 30.1 Å². The first kappa shape index (κ1) is 25.1. The highest BCUT2D eigenvalue weighted by Crippen LogP contribution is 2.34. The number of amides is 1. The summed E-state index contributed by atoms with van der Waals surface area (Å²) < 4.78 is 13.5. The minimum Gasteiger partial charge on any atom is -0.353 e. The Bertz CT molecular complexity index is 1870. The summed E-state index contributed by atoms with van der Waals surface area (Å²) in [5.74, 6) is 0.214. The highest BCUT2D eigenvalue weighted by atomic mass is 19.1. The van der Waals surface area contributed by atoms with Gasteiger partial charge in [-0.15, -0.1) is 0 Å². The van der Waals surface area contributed by atoms with Crippen LogP contribution in [0, 0.1) is 11.7 Å². The zero-order valence-electron chi connectivity index (χ0n) is 22.3. The number of carbonyl (C=O) groups is 1. The van der Waals surface area contributed by atoms with E-state index >= 15 is 0 Å². The number of carbonyl (C=O) groups excluding carboxylic acids is 1. The van der Waals surface area contributed by atoms with Gasteiger partial charge in [0, 0.05) is 46.2 Å². The van der Waals surface area contributed by atoms with Crippen molar-refractivity contribution in [1.29, 1.82) is 0 Å². The van der Waals surface area contributed by atoms with Crippen molar-refractivity contribution in [2.45, 2.75) is 38.5 Å². The van der Waals surface area contributed by atoms with Gasteiger partial charge in [-0.25, -0.2) is 4.39 Å². The van der Waals surface area contributed by atoms with E-state index in [4.69, 9.17) is 0 Å². The summed E-state index contributed by atoms with van der Waals surface area (Å²) in [4.78, 5) is 29.7. The Morgan fingerprint density at radius 1 is 0.878 bits per heavy atom. The molecule has 6 aromatic rings. The number of pyridine rings is 3. The lowest BCUT2D eigenvalue weighted by atomic mass is 9.87. The summed E-state index contributed by atoms with van der Waals surface area (Å²) >= 11 is 0. The van der Waals surface area contributed by atoms with E-state index in [0.717, 1.165) is 68.6 Å². The minimum absolute atomic E-state index is 0.0321. The minimum atomic E-state index is -0.286.